The van der Waals surface area contributed by atoms with Crippen molar-refractivity contribution in [2.24, 2.45) is 0 Å². The van der Waals surface area contributed by atoms with Crippen molar-refractivity contribution in [3.63, 3.8) is 0 Å². The molecule has 1 unspecified atom stereocenters. The smallest absolute Gasteiger partial charge is 0.407 e. The minimum absolute atomic E-state index is 0.0693. The van der Waals surface area contributed by atoms with Crippen LogP contribution in [-0.2, 0) is 9.53 Å². The first-order valence-electron chi connectivity index (χ1n) is 7.45. The monoisotopic (exact) mass is 341 g/mol. The van der Waals surface area contributed by atoms with E-state index in [2.05, 4.69) is 31.1 Å². The van der Waals surface area contributed by atoms with Crippen LogP contribution in [0.15, 0.2) is 37.0 Å². The van der Waals surface area contributed by atoms with Crippen molar-refractivity contribution in [2.75, 3.05) is 0 Å². The summed E-state index contributed by atoms with van der Waals surface area (Å²) >= 11 is 3.58. The molecule has 23 heavy (non-hydrogen) atoms. The van der Waals surface area contributed by atoms with Crippen molar-refractivity contribution in [2.45, 2.75) is 57.8 Å². The van der Waals surface area contributed by atoms with Gasteiger partial charge in [-0.05, 0) is 40.0 Å². The summed E-state index contributed by atoms with van der Waals surface area (Å²) in [4.78, 5) is 21.7. The molecule has 2 atom stereocenters. The quantitative estimate of drug-likeness (QED) is 0.417. The fourth-order valence-corrected chi connectivity index (χ4v) is 2.08. The number of ether oxygens (including phenoxy) is 1. The van der Waals surface area contributed by atoms with Crippen LogP contribution in [0.5, 0.6) is 0 Å². The molecule has 130 valence electrons. The van der Waals surface area contributed by atoms with Crippen LogP contribution in [0.25, 0.3) is 0 Å². The summed E-state index contributed by atoms with van der Waals surface area (Å²) in [7, 11) is 0. The molecule has 1 fully saturated rings. The van der Waals surface area contributed by atoms with Crippen LogP contribution in [0.3, 0.4) is 0 Å². The van der Waals surface area contributed by atoms with E-state index in [4.69, 9.17) is 4.74 Å². The number of rotatable bonds is 4. The highest BCUT2D eigenvalue weighted by Gasteiger charge is 2.26. The van der Waals surface area contributed by atoms with E-state index in [9.17, 15) is 14.7 Å². The lowest BCUT2D eigenvalue weighted by Crippen LogP contribution is -2.38. The number of alkyl carbamates (subject to hydrolysis) is 1. The molecular formula is C17H27NO4S. The topological polar surface area (TPSA) is 75.6 Å². The minimum atomic E-state index is -0.457. The molecule has 0 spiro atoms. The third-order valence-electron chi connectivity index (χ3n) is 2.89. The number of hydrogen-bond acceptors (Lipinski definition) is 4. The molecule has 0 aromatic rings. The number of carbonyl (C=O) groups excluding carboxylic acids is 2. The zero-order chi connectivity index (χ0) is 18.0. The van der Waals surface area contributed by atoms with Gasteiger partial charge in [-0.3, -0.25) is 4.79 Å². The lowest BCUT2D eigenvalue weighted by Gasteiger charge is -2.21. The van der Waals surface area contributed by atoms with Crippen molar-refractivity contribution in [1.29, 1.82) is 0 Å². The Labute approximate surface area is 143 Å². The number of amides is 1. The van der Waals surface area contributed by atoms with Crippen molar-refractivity contribution < 1.29 is 19.4 Å². The predicted molar refractivity (Wildman–Crippen MR) is 95.5 cm³/mol. The SMILES string of the molecule is C=C/C=C(\C=C)C(=O)S.CC(C)(C)OC(=O)N[C@H]1CCC(O)C1. The second-order valence-corrected chi connectivity index (χ2v) is 6.58. The molecule has 6 heteroatoms. The summed E-state index contributed by atoms with van der Waals surface area (Å²) in [5.41, 5.74) is 0.00901. The first kappa shape index (κ1) is 21.5. The highest BCUT2D eigenvalue weighted by molar-refractivity contribution is 7.97. The van der Waals surface area contributed by atoms with E-state index in [1.54, 1.807) is 6.08 Å². The first-order valence-corrected chi connectivity index (χ1v) is 7.89. The molecule has 5 nitrogen and oxygen atoms in total. The molecular weight excluding hydrogens is 314 g/mol. The van der Waals surface area contributed by atoms with E-state index in [0.29, 0.717) is 12.0 Å². The van der Waals surface area contributed by atoms with E-state index < -0.39 is 11.7 Å². The first-order chi connectivity index (χ1) is 10.6. The highest BCUT2D eigenvalue weighted by atomic mass is 32.1. The van der Waals surface area contributed by atoms with E-state index in [1.807, 2.05) is 20.8 Å². The van der Waals surface area contributed by atoms with Crippen molar-refractivity contribution >= 4 is 23.8 Å². The van der Waals surface area contributed by atoms with Gasteiger partial charge in [0, 0.05) is 11.6 Å². The summed E-state index contributed by atoms with van der Waals surface area (Å²) in [6, 6.07) is 0.0693. The third-order valence-corrected chi connectivity index (χ3v) is 3.15. The van der Waals surface area contributed by atoms with Crippen molar-refractivity contribution in [1.82, 2.24) is 5.32 Å². The molecule has 0 aliphatic heterocycles. The molecule has 0 saturated heterocycles. The maximum absolute atomic E-state index is 11.3. The molecule has 2 N–H and O–H groups in total. The van der Waals surface area contributed by atoms with Gasteiger partial charge < -0.3 is 15.2 Å². The van der Waals surface area contributed by atoms with Gasteiger partial charge in [0.05, 0.1) is 6.10 Å². The number of carbonyl (C=O) groups is 2. The molecule has 0 aromatic carbocycles. The standard InChI is InChI=1S/C10H19NO3.C7H8OS/c1-10(2,3)14-9(13)11-7-4-5-8(12)6-7;1-3-5-6(4-2)7(8)9/h7-8,12H,4-6H2,1-3H3,(H,11,13);3-5H,1-2H2,(H,8,9)/b;6-5+/t7-,8?;/m0./s1. The number of nitrogens with one attached hydrogen (secondary N) is 1. The fraction of sp³-hybridized carbons (Fsp3) is 0.529. The van der Waals surface area contributed by atoms with Gasteiger partial charge in [-0.1, -0.05) is 31.4 Å². The average molecular weight is 341 g/mol. The number of aliphatic hydroxyl groups excluding tert-OH is 1. The summed E-state index contributed by atoms with van der Waals surface area (Å²) in [5.74, 6) is 0. The van der Waals surface area contributed by atoms with E-state index >= 15 is 0 Å². The van der Waals surface area contributed by atoms with Gasteiger partial charge in [0.1, 0.15) is 5.60 Å². The van der Waals surface area contributed by atoms with Crippen LogP contribution in [0.2, 0.25) is 0 Å². The van der Waals surface area contributed by atoms with Crippen LogP contribution in [0, 0.1) is 0 Å². The Morgan fingerprint density at radius 3 is 2.22 bits per heavy atom. The van der Waals surface area contributed by atoms with Crippen LogP contribution in [-0.4, -0.2) is 34.1 Å². The van der Waals surface area contributed by atoms with Crippen molar-refractivity contribution in [3.8, 4) is 0 Å². The van der Waals surface area contributed by atoms with Gasteiger partial charge in [0.15, 0.2) is 0 Å². The summed E-state index contributed by atoms with van der Waals surface area (Å²) in [6.45, 7) is 12.3. The number of allylic oxidation sites excluding steroid dienone is 3. The maximum atomic E-state index is 11.3. The molecule has 0 heterocycles. The molecule has 1 rings (SSSR count). The van der Waals surface area contributed by atoms with Gasteiger partial charge in [-0.2, -0.15) is 0 Å². The van der Waals surface area contributed by atoms with Crippen LogP contribution in [0.4, 0.5) is 4.79 Å². The van der Waals surface area contributed by atoms with E-state index in [0.717, 1.165) is 12.8 Å². The average Bonchev–Trinajstić information content (AvgIpc) is 2.79. The van der Waals surface area contributed by atoms with Gasteiger partial charge >= 0.3 is 6.09 Å². The Hall–Kier alpha value is -1.53. The second kappa shape index (κ2) is 10.3. The Morgan fingerprint density at radius 2 is 1.91 bits per heavy atom. The van der Waals surface area contributed by atoms with Gasteiger partial charge in [-0.15, -0.1) is 12.6 Å². The summed E-state index contributed by atoms with van der Waals surface area (Å²) in [6.07, 6.45) is 6.09. The Morgan fingerprint density at radius 1 is 1.30 bits per heavy atom. The number of aliphatic hydroxyl groups is 1. The van der Waals surface area contributed by atoms with Gasteiger partial charge in [-0.25, -0.2) is 4.79 Å². The second-order valence-electron chi connectivity index (χ2n) is 6.18. The molecule has 1 aliphatic carbocycles. The minimum Gasteiger partial charge on any atom is -0.444 e. The fourth-order valence-electron chi connectivity index (χ4n) is 1.92. The Balaban J connectivity index is 0.000000468. The molecule has 0 aromatic heterocycles. The van der Waals surface area contributed by atoms with Crippen molar-refractivity contribution in [3.05, 3.63) is 37.0 Å². The predicted octanol–water partition coefficient (Wildman–Crippen LogP) is 3.17. The number of hydrogen-bond donors (Lipinski definition) is 3. The Bertz CT molecular complexity index is 466. The molecule has 1 saturated carbocycles. The van der Waals surface area contributed by atoms with Crippen LogP contribution in [0.1, 0.15) is 40.0 Å². The summed E-state index contributed by atoms with van der Waals surface area (Å²) in [5, 5.41) is 11.7. The van der Waals surface area contributed by atoms with E-state index in [-0.39, 0.29) is 17.3 Å². The third kappa shape index (κ3) is 10.8. The van der Waals surface area contributed by atoms with Gasteiger partial charge in [0.25, 0.3) is 0 Å². The molecule has 1 amide bonds. The maximum Gasteiger partial charge on any atom is 0.407 e. The highest BCUT2D eigenvalue weighted by Crippen LogP contribution is 2.19. The van der Waals surface area contributed by atoms with E-state index in [1.165, 1.54) is 12.2 Å². The normalized spacial score (nSPS) is 20.8. The largest absolute Gasteiger partial charge is 0.444 e. The lowest BCUT2D eigenvalue weighted by atomic mass is 10.2. The lowest BCUT2D eigenvalue weighted by molar-refractivity contribution is -0.107. The number of thiol groups is 1. The Kier molecular flexibility index (Phi) is 9.60. The molecule has 0 bridgehead atoms. The van der Waals surface area contributed by atoms with Gasteiger partial charge in [0.2, 0.25) is 5.12 Å². The molecule has 1 aliphatic rings. The zero-order valence-corrected chi connectivity index (χ0v) is 14.9. The summed E-state index contributed by atoms with van der Waals surface area (Å²) < 4.78 is 5.10. The zero-order valence-electron chi connectivity index (χ0n) is 14.0. The van der Waals surface area contributed by atoms with Crippen LogP contribution >= 0.6 is 12.6 Å². The molecule has 0 radical (unpaired) electrons. The van der Waals surface area contributed by atoms with Crippen LogP contribution < -0.4 is 5.32 Å².